The molecule has 1 aromatic carbocycles. The summed E-state index contributed by atoms with van der Waals surface area (Å²) in [6.07, 6.45) is 7.76. The van der Waals surface area contributed by atoms with Crippen molar-refractivity contribution in [2.45, 2.75) is 32.2 Å². The van der Waals surface area contributed by atoms with Gasteiger partial charge in [-0.15, -0.1) is 0 Å². The molecule has 0 atom stereocenters. The molecule has 0 spiro atoms. The van der Waals surface area contributed by atoms with Crippen molar-refractivity contribution in [3.63, 3.8) is 0 Å². The van der Waals surface area contributed by atoms with Gasteiger partial charge in [0.1, 0.15) is 0 Å². The van der Waals surface area contributed by atoms with E-state index in [2.05, 4.69) is 6.20 Å². The molecule has 2 aromatic rings. The van der Waals surface area contributed by atoms with Crippen LogP contribution in [0.4, 0.5) is 0 Å². The highest BCUT2D eigenvalue weighted by molar-refractivity contribution is 6.35. The predicted molar refractivity (Wildman–Crippen MR) is 81.9 cm³/mol. The van der Waals surface area contributed by atoms with Crippen LogP contribution in [0.2, 0.25) is 10.0 Å². The highest BCUT2D eigenvalue weighted by Crippen LogP contribution is 2.25. The first-order valence-corrected chi connectivity index (χ1v) is 7.55. The minimum absolute atomic E-state index is 0.262. The van der Waals surface area contributed by atoms with Crippen molar-refractivity contribution >= 4 is 29.0 Å². The molecule has 1 aliphatic carbocycles. The van der Waals surface area contributed by atoms with Gasteiger partial charge in [-0.1, -0.05) is 29.3 Å². The van der Waals surface area contributed by atoms with Gasteiger partial charge in [0.25, 0.3) is 0 Å². The van der Waals surface area contributed by atoms with E-state index >= 15 is 0 Å². The van der Waals surface area contributed by atoms with E-state index in [0.29, 0.717) is 23.0 Å². The van der Waals surface area contributed by atoms with Crippen molar-refractivity contribution < 1.29 is 4.79 Å². The quantitative estimate of drug-likeness (QED) is 0.734. The normalized spacial score (nSPS) is 15.0. The van der Waals surface area contributed by atoms with Gasteiger partial charge in [-0.3, -0.25) is 4.79 Å². The first kappa shape index (κ1) is 13.7. The molecule has 0 aliphatic heterocycles. The SMILES string of the molecule is O=C1CCCCc2cn(Cc3ccc(Cl)cc3Cl)cc21. The van der Waals surface area contributed by atoms with E-state index in [1.165, 1.54) is 0 Å². The third kappa shape index (κ3) is 2.77. The van der Waals surface area contributed by atoms with Crippen molar-refractivity contribution in [3.05, 3.63) is 57.3 Å². The smallest absolute Gasteiger partial charge is 0.164 e. The number of benzene rings is 1. The van der Waals surface area contributed by atoms with Crippen molar-refractivity contribution in [2.75, 3.05) is 0 Å². The van der Waals surface area contributed by atoms with E-state index < -0.39 is 0 Å². The van der Waals surface area contributed by atoms with Gasteiger partial charge in [0, 0.05) is 41.0 Å². The summed E-state index contributed by atoms with van der Waals surface area (Å²) >= 11 is 12.1. The summed E-state index contributed by atoms with van der Waals surface area (Å²) in [7, 11) is 0. The number of Topliss-reactive ketones (excluding diaryl/α,β-unsaturated/α-hetero) is 1. The molecule has 1 aliphatic rings. The lowest BCUT2D eigenvalue weighted by molar-refractivity contribution is 0.0982. The van der Waals surface area contributed by atoms with Crippen molar-refractivity contribution in [1.82, 2.24) is 4.57 Å². The summed E-state index contributed by atoms with van der Waals surface area (Å²) in [5, 5.41) is 1.30. The minimum Gasteiger partial charge on any atom is -0.349 e. The van der Waals surface area contributed by atoms with Gasteiger partial charge in [0.05, 0.1) is 0 Å². The number of hydrogen-bond acceptors (Lipinski definition) is 1. The second-order valence-corrected chi connectivity index (χ2v) is 6.08. The Kier molecular flexibility index (Phi) is 3.86. The van der Waals surface area contributed by atoms with Crippen LogP contribution in [-0.2, 0) is 13.0 Å². The molecule has 0 N–H and O–H groups in total. The lowest BCUT2D eigenvalue weighted by Gasteiger charge is -2.06. The zero-order chi connectivity index (χ0) is 14.1. The van der Waals surface area contributed by atoms with Crippen LogP contribution < -0.4 is 0 Å². The molecule has 0 bridgehead atoms. The Balaban J connectivity index is 1.88. The molecular formula is C16H15Cl2NO. The summed E-state index contributed by atoms with van der Waals surface area (Å²) in [4.78, 5) is 12.0. The standard InChI is InChI=1S/C16H15Cl2NO/c17-13-6-5-12(15(18)7-13)9-19-8-11-3-1-2-4-16(20)14(11)10-19/h5-8,10H,1-4,9H2. The number of ketones is 1. The highest BCUT2D eigenvalue weighted by atomic mass is 35.5. The summed E-state index contributed by atoms with van der Waals surface area (Å²) in [6.45, 7) is 0.663. The molecule has 4 heteroatoms. The van der Waals surface area contributed by atoms with Crippen molar-refractivity contribution in [1.29, 1.82) is 0 Å². The average molecular weight is 308 g/mol. The van der Waals surface area contributed by atoms with E-state index in [1.54, 1.807) is 6.07 Å². The molecule has 0 saturated heterocycles. The number of carbonyl (C=O) groups excluding carboxylic acids is 1. The molecule has 0 radical (unpaired) electrons. The zero-order valence-electron chi connectivity index (χ0n) is 11.0. The molecule has 1 heterocycles. The summed E-state index contributed by atoms with van der Waals surface area (Å²) < 4.78 is 2.04. The first-order valence-electron chi connectivity index (χ1n) is 6.79. The zero-order valence-corrected chi connectivity index (χ0v) is 12.5. The third-order valence-corrected chi connectivity index (χ3v) is 4.32. The third-order valence-electron chi connectivity index (χ3n) is 3.73. The summed E-state index contributed by atoms with van der Waals surface area (Å²) in [6, 6.07) is 5.51. The van der Waals surface area contributed by atoms with E-state index in [4.69, 9.17) is 23.2 Å². The van der Waals surface area contributed by atoms with Crippen LogP contribution in [0.1, 0.15) is 40.7 Å². The van der Waals surface area contributed by atoms with E-state index in [0.717, 1.165) is 36.0 Å². The summed E-state index contributed by atoms with van der Waals surface area (Å²) in [5.41, 5.74) is 3.05. The van der Waals surface area contributed by atoms with Crippen molar-refractivity contribution in [3.8, 4) is 0 Å². The van der Waals surface area contributed by atoms with E-state index in [9.17, 15) is 4.79 Å². The van der Waals surface area contributed by atoms with Gasteiger partial charge in [-0.25, -0.2) is 0 Å². The Morgan fingerprint density at radius 2 is 1.90 bits per heavy atom. The highest BCUT2D eigenvalue weighted by Gasteiger charge is 2.17. The lowest BCUT2D eigenvalue weighted by Crippen LogP contribution is -1.99. The number of aromatic nitrogens is 1. The van der Waals surface area contributed by atoms with Crippen LogP contribution >= 0.6 is 23.2 Å². The largest absolute Gasteiger partial charge is 0.349 e. The number of aryl methyl sites for hydroxylation is 1. The van der Waals surface area contributed by atoms with Crippen LogP contribution in [0.25, 0.3) is 0 Å². The van der Waals surface area contributed by atoms with Gasteiger partial charge in [-0.2, -0.15) is 0 Å². The lowest BCUT2D eigenvalue weighted by atomic mass is 10.1. The van der Waals surface area contributed by atoms with Crippen molar-refractivity contribution in [2.24, 2.45) is 0 Å². The maximum atomic E-state index is 12.0. The minimum atomic E-state index is 0.262. The Bertz CT molecular complexity index is 660. The first-order chi connectivity index (χ1) is 9.63. The van der Waals surface area contributed by atoms with Crippen LogP contribution in [0.3, 0.4) is 0 Å². The molecule has 2 nitrogen and oxygen atoms in total. The topological polar surface area (TPSA) is 22.0 Å². The number of nitrogens with zero attached hydrogens (tertiary/aromatic N) is 1. The number of hydrogen-bond donors (Lipinski definition) is 0. The second-order valence-electron chi connectivity index (χ2n) is 5.24. The molecule has 0 fully saturated rings. The monoisotopic (exact) mass is 307 g/mol. The van der Waals surface area contributed by atoms with Gasteiger partial charge >= 0.3 is 0 Å². The molecule has 1 aromatic heterocycles. The second kappa shape index (κ2) is 5.63. The number of rotatable bonds is 2. The molecule has 0 amide bonds. The van der Waals surface area contributed by atoms with E-state index in [-0.39, 0.29) is 5.78 Å². The van der Waals surface area contributed by atoms with Gasteiger partial charge in [-0.05, 0) is 42.5 Å². The predicted octanol–water partition coefficient (Wildman–Crippen LogP) is 4.75. The molecule has 0 saturated carbocycles. The van der Waals surface area contributed by atoms with Crippen LogP contribution in [0.15, 0.2) is 30.6 Å². The Morgan fingerprint density at radius 1 is 1.10 bits per heavy atom. The van der Waals surface area contributed by atoms with Crippen LogP contribution in [0, 0.1) is 0 Å². The summed E-state index contributed by atoms with van der Waals surface area (Å²) in [5.74, 6) is 0.262. The van der Waals surface area contributed by atoms with E-state index in [1.807, 2.05) is 22.9 Å². The van der Waals surface area contributed by atoms with Crippen LogP contribution in [-0.4, -0.2) is 10.4 Å². The van der Waals surface area contributed by atoms with Gasteiger partial charge in [0.15, 0.2) is 5.78 Å². The molecule has 104 valence electrons. The fraction of sp³-hybridized carbons (Fsp3) is 0.312. The molecule has 20 heavy (non-hydrogen) atoms. The number of carbonyl (C=O) groups is 1. The molecular weight excluding hydrogens is 293 g/mol. The van der Waals surface area contributed by atoms with Gasteiger partial charge < -0.3 is 4.57 Å². The molecule has 3 rings (SSSR count). The fourth-order valence-electron chi connectivity index (χ4n) is 2.68. The van der Waals surface area contributed by atoms with Gasteiger partial charge in [0.2, 0.25) is 0 Å². The maximum Gasteiger partial charge on any atom is 0.164 e. The molecule has 0 unspecified atom stereocenters. The van der Waals surface area contributed by atoms with Crippen LogP contribution in [0.5, 0.6) is 0 Å². The average Bonchev–Trinajstić information content (AvgIpc) is 2.73. The fourth-order valence-corrected chi connectivity index (χ4v) is 3.15. The maximum absolute atomic E-state index is 12.0. The Morgan fingerprint density at radius 3 is 2.70 bits per heavy atom. The number of halogens is 2. The number of fused-ring (bicyclic) bond motifs is 1. The Labute approximate surface area is 128 Å². The Hall–Kier alpha value is -1.25.